The van der Waals surface area contributed by atoms with Gasteiger partial charge in [0.15, 0.2) is 11.7 Å². The van der Waals surface area contributed by atoms with E-state index in [-0.39, 0.29) is 24.5 Å². The number of rotatable bonds is 7. The van der Waals surface area contributed by atoms with Crippen LogP contribution in [0, 0.1) is 0 Å². The van der Waals surface area contributed by atoms with Gasteiger partial charge in [-0.25, -0.2) is 4.98 Å². The monoisotopic (exact) mass is 418 g/mol. The Morgan fingerprint density at radius 1 is 1.17 bits per heavy atom. The lowest BCUT2D eigenvalue weighted by Crippen LogP contribution is -2.48. The Balaban J connectivity index is 1.69. The molecule has 0 spiro atoms. The third kappa shape index (κ3) is 6.16. The first kappa shape index (κ1) is 21.1. The molecule has 1 fully saturated rings. The van der Waals surface area contributed by atoms with Crippen molar-refractivity contribution in [3.8, 4) is 11.5 Å². The summed E-state index contributed by atoms with van der Waals surface area (Å²) in [7, 11) is 2.04. The highest BCUT2D eigenvalue weighted by atomic mass is 32.1. The second-order valence-corrected chi connectivity index (χ2v) is 8.02. The van der Waals surface area contributed by atoms with Gasteiger partial charge < -0.3 is 19.3 Å². The number of hydrogen-bond acceptors (Lipinski definition) is 7. The summed E-state index contributed by atoms with van der Waals surface area (Å²) >= 11 is 1.34. The number of amides is 2. The quantitative estimate of drug-likeness (QED) is 0.743. The number of likely N-dealkylation sites (N-methyl/N-ethyl adjacent to an activating group) is 1. The normalized spacial score (nSPS) is 14.7. The van der Waals surface area contributed by atoms with Crippen LogP contribution in [-0.4, -0.2) is 72.5 Å². The summed E-state index contributed by atoms with van der Waals surface area (Å²) < 4.78 is 11.5. The number of nitrogens with zero attached hydrogens (tertiary/aromatic N) is 3. The molecule has 1 aromatic carbocycles. The number of hydrogen-bond donors (Lipinski definition) is 1. The summed E-state index contributed by atoms with van der Waals surface area (Å²) in [5.74, 6) is 0.537. The average Bonchev–Trinajstić information content (AvgIpc) is 3.19. The summed E-state index contributed by atoms with van der Waals surface area (Å²) in [4.78, 5) is 33.1. The van der Waals surface area contributed by atoms with Gasteiger partial charge in [-0.15, -0.1) is 11.3 Å². The Morgan fingerprint density at radius 3 is 2.55 bits per heavy atom. The Hall–Kier alpha value is -2.65. The van der Waals surface area contributed by atoms with Crippen LogP contribution in [0.5, 0.6) is 11.5 Å². The molecule has 0 aliphatic carbocycles. The van der Waals surface area contributed by atoms with E-state index >= 15 is 0 Å². The first-order valence-corrected chi connectivity index (χ1v) is 10.4. The third-order valence-electron chi connectivity index (χ3n) is 4.39. The van der Waals surface area contributed by atoms with Gasteiger partial charge in [0.2, 0.25) is 0 Å². The highest BCUT2D eigenvalue weighted by molar-refractivity contribution is 7.13. The zero-order valence-electron chi connectivity index (χ0n) is 16.9. The molecule has 1 aromatic heterocycles. The smallest absolute Gasteiger partial charge is 0.260 e. The van der Waals surface area contributed by atoms with Crippen molar-refractivity contribution >= 4 is 28.3 Å². The standard InChI is InChI=1S/C20H26N4O4S/c1-14(2)28-17-11-15(19(26)22-20-21-4-9-29-20)10-16(12-17)27-13-18(25)24-7-5-23(3)6-8-24/h4,9-12,14H,5-8,13H2,1-3H3,(H,21,22,26). The molecule has 8 nitrogen and oxygen atoms in total. The van der Waals surface area contributed by atoms with Gasteiger partial charge in [0, 0.05) is 49.4 Å². The van der Waals surface area contributed by atoms with Crippen molar-refractivity contribution in [2.45, 2.75) is 20.0 Å². The zero-order valence-corrected chi connectivity index (χ0v) is 17.7. The highest BCUT2D eigenvalue weighted by Crippen LogP contribution is 2.25. The molecule has 3 rings (SSSR count). The van der Waals surface area contributed by atoms with E-state index in [1.807, 2.05) is 20.9 Å². The molecule has 0 unspecified atom stereocenters. The molecule has 0 saturated carbocycles. The van der Waals surface area contributed by atoms with E-state index in [0.717, 1.165) is 13.1 Å². The van der Waals surface area contributed by atoms with Gasteiger partial charge in [-0.3, -0.25) is 14.9 Å². The number of ether oxygens (including phenoxy) is 2. The maximum atomic E-state index is 12.6. The number of nitrogens with one attached hydrogen (secondary N) is 1. The first-order chi connectivity index (χ1) is 13.9. The van der Waals surface area contributed by atoms with Gasteiger partial charge in [0.1, 0.15) is 11.5 Å². The van der Waals surface area contributed by atoms with Crippen LogP contribution in [0.1, 0.15) is 24.2 Å². The van der Waals surface area contributed by atoms with Crippen molar-refractivity contribution in [3.05, 3.63) is 35.3 Å². The molecular weight excluding hydrogens is 392 g/mol. The molecule has 1 N–H and O–H groups in total. The second kappa shape index (κ2) is 9.71. The summed E-state index contributed by atoms with van der Waals surface area (Å²) in [5, 5.41) is 5.04. The highest BCUT2D eigenvalue weighted by Gasteiger charge is 2.20. The van der Waals surface area contributed by atoms with E-state index in [4.69, 9.17) is 9.47 Å². The van der Waals surface area contributed by atoms with Gasteiger partial charge >= 0.3 is 0 Å². The lowest BCUT2D eigenvalue weighted by Gasteiger charge is -2.32. The summed E-state index contributed by atoms with van der Waals surface area (Å²) in [5.41, 5.74) is 0.375. The number of piperazine rings is 1. The molecule has 0 radical (unpaired) electrons. The van der Waals surface area contributed by atoms with Gasteiger partial charge in [-0.1, -0.05) is 0 Å². The molecular formula is C20H26N4O4S. The molecule has 156 valence electrons. The molecule has 29 heavy (non-hydrogen) atoms. The van der Waals surface area contributed by atoms with Crippen LogP contribution in [0.15, 0.2) is 29.8 Å². The fraction of sp³-hybridized carbons (Fsp3) is 0.450. The largest absolute Gasteiger partial charge is 0.491 e. The second-order valence-electron chi connectivity index (χ2n) is 7.12. The van der Waals surface area contributed by atoms with Crippen molar-refractivity contribution in [2.75, 3.05) is 45.2 Å². The van der Waals surface area contributed by atoms with Crippen molar-refractivity contribution in [1.29, 1.82) is 0 Å². The number of carbonyl (C=O) groups is 2. The van der Waals surface area contributed by atoms with Crippen LogP contribution < -0.4 is 14.8 Å². The molecule has 9 heteroatoms. The van der Waals surface area contributed by atoms with E-state index in [1.165, 1.54) is 11.3 Å². The lowest BCUT2D eigenvalue weighted by atomic mass is 10.2. The van der Waals surface area contributed by atoms with Crippen molar-refractivity contribution in [3.63, 3.8) is 0 Å². The van der Waals surface area contributed by atoms with E-state index in [2.05, 4.69) is 15.2 Å². The van der Waals surface area contributed by atoms with Crippen molar-refractivity contribution in [1.82, 2.24) is 14.8 Å². The Labute approximate surface area is 174 Å². The number of benzene rings is 1. The van der Waals surface area contributed by atoms with Crippen molar-refractivity contribution < 1.29 is 19.1 Å². The maximum absolute atomic E-state index is 12.6. The van der Waals surface area contributed by atoms with Crippen LogP contribution >= 0.6 is 11.3 Å². The van der Waals surface area contributed by atoms with Crippen LogP contribution in [0.2, 0.25) is 0 Å². The molecule has 1 saturated heterocycles. The lowest BCUT2D eigenvalue weighted by molar-refractivity contribution is -0.134. The Kier molecular flexibility index (Phi) is 7.05. The number of anilines is 1. The minimum absolute atomic E-state index is 0.0629. The fourth-order valence-electron chi connectivity index (χ4n) is 2.87. The minimum atomic E-state index is -0.315. The average molecular weight is 419 g/mol. The van der Waals surface area contributed by atoms with Gasteiger partial charge in [0.25, 0.3) is 11.8 Å². The zero-order chi connectivity index (χ0) is 20.8. The van der Waals surface area contributed by atoms with Crippen LogP contribution in [0.4, 0.5) is 5.13 Å². The van der Waals surface area contributed by atoms with E-state index < -0.39 is 0 Å². The summed E-state index contributed by atoms with van der Waals surface area (Å²) in [6, 6.07) is 4.95. The molecule has 2 aromatic rings. The van der Waals surface area contributed by atoms with E-state index in [0.29, 0.717) is 35.3 Å². The third-order valence-corrected chi connectivity index (χ3v) is 5.07. The Morgan fingerprint density at radius 2 is 1.90 bits per heavy atom. The van der Waals surface area contributed by atoms with Crippen LogP contribution in [0.25, 0.3) is 0 Å². The summed E-state index contributed by atoms with van der Waals surface area (Å²) in [6.45, 7) is 6.81. The number of aromatic nitrogens is 1. The van der Waals surface area contributed by atoms with Gasteiger partial charge in [-0.2, -0.15) is 0 Å². The van der Waals surface area contributed by atoms with Crippen molar-refractivity contribution in [2.24, 2.45) is 0 Å². The number of carbonyl (C=O) groups excluding carboxylic acids is 2. The van der Waals surface area contributed by atoms with E-state index in [1.54, 1.807) is 34.7 Å². The molecule has 0 atom stereocenters. The molecule has 0 bridgehead atoms. The maximum Gasteiger partial charge on any atom is 0.260 e. The van der Waals surface area contributed by atoms with Gasteiger partial charge in [-0.05, 0) is 33.0 Å². The van der Waals surface area contributed by atoms with Crippen LogP contribution in [0.3, 0.4) is 0 Å². The van der Waals surface area contributed by atoms with Gasteiger partial charge in [0.05, 0.1) is 6.10 Å². The molecule has 2 amide bonds. The first-order valence-electron chi connectivity index (χ1n) is 9.52. The van der Waals surface area contributed by atoms with Crippen LogP contribution in [-0.2, 0) is 4.79 Å². The molecule has 1 aliphatic rings. The topological polar surface area (TPSA) is 84.0 Å². The molecule has 2 heterocycles. The van der Waals surface area contributed by atoms with E-state index in [9.17, 15) is 9.59 Å². The minimum Gasteiger partial charge on any atom is -0.491 e. The molecule has 1 aliphatic heterocycles. The fourth-order valence-corrected chi connectivity index (χ4v) is 3.40. The SMILES string of the molecule is CC(C)Oc1cc(OCC(=O)N2CCN(C)CC2)cc(C(=O)Nc2nccs2)c1. The Bertz CT molecular complexity index is 833. The number of thiazole rings is 1. The predicted molar refractivity (Wildman–Crippen MR) is 112 cm³/mol. The summed E-state index contributed by atoms with van der Waals surface area (Å²) in [6.07, 6.45) is 1.56. The predicted octanol–water partition coefficient (Wildman–Crippen LogP) is 2.34.